The Labute approximate surface area is 128 Å². The lowest BCUT2D eigenvalue weighted by Gasteiger charge is -2.57. The zero-order valence-corrected chi connectivity index (χ0v) is 13.7. The van der Waals surface area contributed by atoms with E-state index in [1.54, 1.807) is 6.42 Å². The molecule has 4 atom stereocenters. The van der Waals surface area contributed by atoms with E-state index in [9.17, 15) is 0 Å². The summed E-state index contributed by atoms with van der Waals surface area (Å²) >= 11 is 0. The van der Waals surface area contributed by atoms with Gasteiger partial charge in [0, 0.05) is 25.2 Å². The van der Waals surface area contributed by atoms with E-state index in [0.717, 1.165) is 23.9 Å². The third-order valence-electron chi connectivity index (χ3n) is 5.96. The van der Waals surface area contributed by atoms with Crippen molar-refractivity contribution in [3.8, 4) is 0 Å². The van der Waals surface area contributed by atoms with Crippen molar-refractivity contribution in [3.05, 3.63) is 0 Å². The van der Waals surface area contributed by atoms with Crippen LogP contribution in [-0.4, -0.2) is 48.1 Å². The molecule has 0 aromatic heterocycles. The minimum Gasteiger partial charge on any atom is -0.300 e. The number of nitrogens with zero attached hydrogens (tertiary/aromatic N) is 2. The Kier molecular flexibility index (Phi) is 4.21. The van der Waals surface area contributed by atoms with E-state index in [1.807, 2.05) is 0 Å². The van der Waals surface area contributed by atoms with Crippen LogP contribution in [0.4, 0.5) is 0 Å². The Morgan fingerprint density at radius 1 is 0.667 bits per heavy atom. The van der Waals surface area contributed by atoms with Crippen LogP contribution in [0.15, 0.2) is 0 Å². The summed E-state index contributed by atoms with van der Waals surface area (Å²) in [6, 6.07) is 1.92. The number of piperidine rings is 4. The Bertz CT molecular complexity index is 268. The zero-order valence-electron chi connectivity index (χ0n) is 11.4. The lowest BCUT2D eigenvalue weighted by Crippen LogP contribution is -2.63. The van der Waals surface area contributed by atoms with Crippen molar-refractivity contribution in [1.29, 1.82) is 0 Å². The maximum Gasteiger partial charge on any atom is 0.0136 e. The van der Waals surface area contributed by atoms with Crippen molar-refractivity contribution in [3.63, 3.8) is 0 Å². The molecule has 0 aromatic rings. The van der Waals surface area contributed by atoms with Crippen molar-refractivity contribution in [2.24, 2.45) is 11.8 Å². The average Bonchev–Trinajstić information content (AvgIpc) is 2.39. The summed E-state index contributed by atoms with van der Waals surface area (Å²) in [5.41, 5.74) is 0. The molecule has 4 fully saturated rings. The molecule has 0 spiro atoms. The van der Waals surface area contributed by atoms with E-state index in [0.29, 0.717) is 0 Å². The molecular formula is C15H27IN2. The van der Waals surface area contributed by atoms with Gasteiger partial charge in [-0.25, -0.2) is 0 Å². The van der Waals surface area contributed by atoms with Crippen LogP contribution < -0.4 is 0 Å². The summed E-state index contributed by atoms with van der Waals surface area (Å²) in [5.74, 6) is 2.03. The Balaban J connectivity index is 0.000001000. The SMILES string of the molecule is C1CCN2CC3CC(CN4CCCC[C@@H]34)C2C1.I. The van der Waals surface area contributed by atoms with E-state index in [2.05, 4.69) is 9.80 Å². The molecule has 104 valence electrons. The molecule has 3 unspecified atom stereocenters. The monoisotopic (exact) mass is 362 g/mol. The van der Waals surface area contributed by atoms with Crippen molar-refractivity contribution < 1.29 is 0 Å². The Morgan fingerprint density at radius 3 is 1.67 bits per heavy atom. The largest absolute Gasteiger partial charge is 0.300 e. The molecular weight excluding hydrogens is 335 g/mol. The number of fused-ring (bicyclic) bond motifs is 6. The lowest BCUT2D eigenvalue weighted by atomic mass is 9.71. The first-order chi connectivity index (χ1) is 8.42. The molecule has 0 radical (unpaired) electrons. The predicted octanol–water partition coefficient (Wildman–Crippen LogP) is 2.96. The molecule has 0 saturated carbocycles. The van der Waals surface area contributed by atoms with E-state index in [-0.39, 0.29) is 24.0 Å². The number of hydrogen-bond acceptors (Lipinski definition) is 2. The van der Waals surface area contributed by atoms with Gasteiger partial charge in [0.15, 0.2) is 0 Å². The van der Waals surface area contributed by atoms with Crippen molar-refractivity contribution >= 4 is 24.0 Å². The van der Waals surface area contributed by atoms with Gasteiger partial charge in [0.05, 0.1) is 0 Å². The third-order valence-corrected chi connectivity index (χ3v) is 5.96. The minimum atomic E-state index is 0. The van der Waals surface area contributed by atoms with Crippen LogP contribution in [0.2, 0.25) is 0 Å². The first-order valence-electron chi connectivity index (χ1n) is 7.90. The standard InChI is InChI=1S/C15H26N2.HI/c1-3-7-16-11-13-9-12(14(16)5-1)10-17-8-4-2-6-15(13)17;/h12-15H,1-11H2;1H/t12?,13?,14-,15?;/m0./s1. The Morgan fingerprint density at radius 2 is 1.17 bits per heavy atom. The van der Waals surface area contributed by atoms with Crippen molar-refractivity contribution in [2.45, 2.75) is 57.0 Å². The van der Waals surface area contributed by atoms with Crippen LogP contribution in [0.25, 0.3) is 0 Å². The summed E-state index contributed by atoms with van der Waals surface area (Å²) in [7, 11) is 0. The molecule has 4 heterocycles. The third kappa shape index (κ3) is 2.24. The second-order valence-corrected chi connectivity index (χ2v) is 6.87. The van der Waals surface area contributed by atoms with Gasteiger partial charge in [-0.2, -0.15) is 0 Å². The topological polar surface area (TPSA) is 6.48 Å². The van der Waals surface area contributed by atoms with Gasteiger partial charge in [0.1, 0.15) is 0 Å². The molecule has 0 N–H and O–H groups in total. The second-order valence-electron chi connectivity index (χ2n) is 6.87. The first-order valence-corrected chi connectivity index (χ1v) is 7.90. The maximum absolute atomic E-state index is 2.87. The van der Waals surface area contributed by atoms with Gasteiger partial charge in [-0.05, 0) is 57.0 Å². The number of halogens is 1. The molecule has 0 aliphatic carbocycles. The van der Waals surface area contributed by atoms with Crippen LogP contribution in [0, 0.1) is 11.8 Å². The highest BCUT2D eigenvalue weighted by Crippen LogP contribution is 2.42. The summed E-state index contributed by atoms with van der Waals surface area (Å²) in [5, 5.41) is 0. The van der Waals surface area contributed by atoms with Gasteiger partial charge >= 0.3 is 0 Å². The molecule has 4 aliphatic rings. The number of hydrogen-bond donors (Lipinski definition) is 0. The van der Waals surface area contributed by atoms with Crippen LogP contribution >= 0.6 is 24.0 Å². The summed E-state index contributed by atoms with van der Waals surface area (Å²) in [4.78, 5) is 5.74. The molecule has 4 saturated heterocycles. The van der Waals surface area contributed by atoms with E-state index in [4.69, 9.17) is 0 Å². The van der Waals surface area contributed by atoms with E-state index < -0.39 is 0 Å². The molecule has 4 aliphatic heterocycles. The van der Waals surface area contributed by atoms with E-state index >= 15 is 0 Å². The quantitative estimate of drug-likeness (QED) is 0.612. The van der Waals surface area contributed by atoms with Crippen LogP contribution in [-0.2, 0) is 0 Å². The van der Waals surface area contributed by atoms with E-state index in [1.165, 1.54) is 64.7 Å². The molecule has 0 amide bonds. The Hall–Kier alpha value is 0.650. The predicted molar refractivity (Wildman–Crippen MR) is 85.4 cm³/mol. The molecule has 2 nitrogen and oxygen atoms in total. The van der Waals surface area contributed by atoms with Gasteiger partial charge < -0.3 is 0 Å². The van der Waals surface area contributed by atoms with Crippen LogP contribution in [0.5, 0.6) is 0 Å². The molecule has 4 rings (SSSR count). The van der Waals surface area contributed by atoms with Gasteiger partial charge in [0.2, 0.25) is 0 Å². The highest BCUT2D eigenvalue weighted by molar-refractivity contribution is 14.0. The summed E-state index contributed by atoms with van der Waals surface area (Å²) < 4.78 is 0. The first kappa shape index (κ1) is 13.6. The summed E-state index contributed by atoms with van der Waals surface area (Å²) in [6.07, 6.45) is 10.5. The smallest absolute Gasteiger partial charge is 0.0136 e. The fourth-order valence-corrected chi connectivity index (χ4v) is 5.25. The van der Waals surface area contributed by atoms with Crippen LogP contribution in [0.3, 0.4) is 0 Å². The van der Waals surface area contributed by atoms with Gasteiger partial charge in [0.25, 0.3) is 0 Å². The maximum atomic E-state index is 2.87. The molecule has 3 heteroatoms. The van der Waals surface area contributed by atoms with Crippen molar-refractivity contribution in [2.75, 3.05) is 26.2 Å². The van der Waals surface area contributed by atoms with Gasteiger partial charge in [-0.15, -0.1) is 24.0 Å². The van der Waals surface area contributed by atoms with Gasteiger partial charge in [-0.3, -0.25) is 9.80 Å². The normalized spacial score (nSPS) is 44.7. The van der Waals surface area contributed by atoms with Crippen molar-refractivity contribution in [1.82, 2.24) is 9.80 Å². The molecule has 18 heavy (non-hydrogen) atoms. The highest BCUT2D eigenvalue weighted by Gasteiger charge is 2.46. The zero-order chi connectivity index (χ0) is 11.2. The second kappa shape index (κ2) is 5.57. The fourth-order valence-electron chi connectivity index (χ4n) is 5.25. The highest BCUT2D eigenvalue weighted by atomic mass is 127. The lowest BCUT2D eigenvalue weighted by molar-refractivity contribution is -0.0718. The average molecular weight is 362 g/mol. The summed E-state index contributed by atoms with van der Waals surface area (Å²) in [6.45, 7) is 5.68. The molecule has 0 aromatic carbocycles. The fraction of sp³-hybridized carbons (Fsp3) is 1.00. The van der Waals surface area contributed by atoms with Crippen LogP contribution in [0.1, 0.15) is 44.9 Å². The molecule has 2 bridgehead atoms. The van der Waals surface area contributed by atoms with Gasteiger partial charge in [-0.1, -0.05) is 12.8 Å². The minimum absolute atomic E-state index is 0. The number of rotatable bonds is 0.